The number of amides is 1. The van der Waals surface area contributed by atoms with Gasteiger partial charge in [-0.2, -0.15) is 4.99 Å². The highest BCUT2D eigenvalue weighted by molar-refractivity contribution is 7.16. The Kier molecular flexibility index (Phi) is 5.08. The molecule has 0 radical (unpaired) electrons. The highest BCUT2D eigenvalue weighted by Gasteiger charge is 2.15. The minimum absolute atomic E-state index is 0.120. The maximum Gasteiger partial charge on any atom is 0.325 e. The number of esters is 1. The average molecular weight is 389 g/mol. The van der Waals surface area contributed by atoms with Crippen LogP contribution in [0.5, 0.6) is 0 Å². The summed E-state index contributed by atoms with van der Waals surface area (Å²) < 4.78 is 19.6. The van der Waals surface area contributed by atoms with Crippen molar-refractivity contribution in [2.24, 2.45) is 4.99 Å². The van der Waals surface area contributed by atoms with E-state index in [-0.39, 0.29) is 22.6 Å². The molecule has 0 unspecified atom stereocenters. The van der Waals surface area contributed by atoms with Crippen LogP contribution in [0.4, 0.5) is 10.1 Å². The summed E-state index contributed by atoms with van der Waals surface area (Å²) in [6.07, 6.45) is 0. The number of ether oxygens (including phenoxy) is 1. The largest absolute Gasteiger partial charge is 0.468 e. The summed E-state index contributed by atoms with van der Waals surface area (Å²) in [4.78, 5) is 38.7. The van der Waals surface area contributed by atoms with E-state index >= 15 is 0 Å². The lowest BCUT2D eigenvalue weighted by Crippen LogP contribution is -2.22. The zero-order chi connectivity index (χ0) is 19.6. The predicted octanol–water partition coefficient (Wildman–Crippen LogP) is 2.66. The van der Waals surface area contributed by atoms with Gasteiger partial charge in [0.25, 0.3) is 11.6 Å². The van der Waals surface area contributed by atoms with Gasteiger partial charge in [-0.3, -0.25) is 19.7 Å². The number of aromatic nitrogens is 1. The Hall–Kier alpha value is -3.40. The number of carbonyl (C=O) groups excluding carboxylic acids is 2. The molecule has 0 saturated carbocycles. The highest BCUT2D eigenvalue weighted by atomic mass is 32.1. The number of non-ortho nitro benzene ring substituents is 1. The van der Waals surface area contributed by atoms with E-state index in [2.05, 4.69) is 9.73 Å². The van der Waals surface area contributed by atoms with Gasteiger partial charge in [0.2, 0.25) is 0 Å². The second-order valence-corrected chi connectivity index (χ2v) is 6.39. The fourth-order valence-electron chi connectivity index (χ4n) is 2.35. The standard InChI is InChI=1S/C17H12FN3O5S/c1-26-15(22)9-20-13-7-6-12(21(24)25)8-14(13)27-17(20)19-16(23)10-2-4-11(18)5-3-10/h2-8H,9H2,1H3. The first kappa shape index (κ1) is 18.4. The summed E-state index contributed by atoms with van der Waals surface area (Å²) in [7, 11) is 1.22. The van der Waals surface area contributed by atoms with Gasteiger partial charge in [0, 0.05) is 17.7 Å². The third-order valence-corrected chi connectivity index (χ3v) is 4.72. The van der Waals surface area contributed by atoms with Crippen molar-refractivity contribution in [1.82, 2.24) is 4.57 Å². The Labute approximate surface area is 155 Å². The van der Waals surface area contributed by atoms with Gasteiger partial charge in [-0.25, -0.2) is 4.39 Å². The third-order valence-electron chi connectivity index (χ3n) is 3.68. The second kappa shape index (κ2) is 7.46. The van der Waals surface area contributed by atoms with Gasteiger partial charge in [0.15, 0.2) is 4.80 Å². The molecule has 0 aliphatic carbocycles. The Balaban J connectivity index is 2.15. The molecule has 3 aromatic rings. The molecule has 8 nitrogen and oxygen atoms in total. The van der Waals surface area contributed by atoms with E-state index in [0.29, 0.717) is 10.2 Å². The number of methoxy groups -OCH3 is 1. The van der Waals surface area contributed by atoms with Crippen molar-refractivity contribution < 1.29 is 23.6 Å². The van der Waals surface area contributed by atoms with Crippen LogP contribution < -0.4 is 4.80 Å². The number of thiazole rings is 1. The Morgan fingerprint density at radius 1 is 1.26 bits per heavy atom. The number of rotatable bonds is 4. The zero-order valence-electron chi connectivity index (χ0n) is 13.9. The monoisotopic (exact) mass is 389 g/mol. The molecule has 2 aromatic carbocycles. The van der Waals surface area contributed by atoms with Crippen LogP contribution in [0, 0.1) is 15.9 Å². The zero-order valence-corrected chi connectivity index (χ0v) is 14.7. The lowest BCUT2D eigenvalue weighted by molar-refractivity contribution is -0.384. The van der Waals surface area contributed by atoms with Gasteiger partial charge < -0.3 is 9.30 Å². The van der Waals surface area contributed by atoms with Crippen LogP contribution in [-0.2, 0) is 16.1 Å². The van der Waals surface area contributed by atoms with E-state index in [1.54, 1.807) is 0 Å². The Bertz CT molecular complexity index is 1120. The Morgan fingerprint density at radius 3 is 2.59 bits per heavy atom. The van der Waals surface area contributed by atoms with Gasteiger partial charge in [0.05, 0.1) is 22.2 Å². The number of nitro groups is 1. The number of hydrogen-bond donors (Lipinski definition) is 0. The normalized spacial score (nSPS) is 11.6. The summed E-state index contributed by atoms with van der Waals surface area (Å²) >= 11 is 1.02. The number of benzene rings is 2. The molecular weight excluding hydrogens is 377 g/mol. The van der Waals surface area contributed by atoms with Crippen molar-refractivity contribution in [2.75, 3.05) is 7.11 Å². The van der Waals surface area contributed by atoms with Crippen LogP contribution in [-0.4, -0.2) is 28.5 Å². The maximum absolute atomic E-state index is 13.0. The maximum atomic E-state index is 13.0. The van der Waals surface area contributed by atoms with Crippen LogP contribution in [0.25, 0.3) is 10.2 Å². The summed E-state index contributed by atoms with van der Waals surface area (Å²) in [5.74, 6) is -1.68. The van der Waals surface area contributed by atoms with E-state index in [4.69, 9.17) is 0 Å². The van der Waals surface area contributed by atoms with Crippen LogP contribution in [0.3, 0.4) is 0 Å². The molecular formula is C17H12FN3O5S. The van der Waals surface area contributed by atoms with E-state index in [1.807, 2.05) is 0 Å². The highest BCUT2D eigenvalue weighted by Crippen LogP contribution is 2.23. The van der Waals surface area contributed by atoms with Gasteiger partial charge in [0.1, 0.15) is 12.4 Å². The number of nitro benzene ring substituents is 1. The fourth-order valence-corrected chi connectivity index (χ4v) is 3.41. The van der Waals surface area contributed by atoms with Gasteiger partial charge in [-0.05, 0) is 30.3 Å². The molecule has 0 aliphatic rings. The molecule has 0 N–H and O–H groups in total. The number of halogens is 1. The molecule has 0 bridgehead atoms. The van der Waals surface area contributed by atoms with Gasteiger partial charge in [-0.1, -0.05) is 11.3 Å². The smallest absolute Gasteiger partial charge is 0.325 e. The van der Waals surface area contributed by atoms with Crippen molar-refractivity contribution >= 4 is 39.1 Å². The number of carbonyl (C=O) groups is 2. The van der Waals surface area contributed by atoms with Gasteiger partial charge >= 0.3 is 5.97 Å². The fraction of sp³-hybridized carbons (Fsp3) is 0.118. The molecule has 10 heteroatoms. The van der Waals surface area contributed by atoms with E-state index < -0.39 is 22.6 Å². The molecule has 1 heterocycles. The second-order valence-electron chi connectivity index (χ2n) is 5.38. The first-order valence-electron chi connectivity index (χ1n) is 7.58. The van der Waals surface area contributed by atoms with E-state index in [1.165, 1.54) is 42.0 Å². The van der Waals surface area contributed by atoms with E-state index in [9.17, 15) is 24.1 Å². The molecule has 0 spiro atoms. The lowest BCUT2D eigenvalue weighted by atomic mass is 10.2. The minimum atomic E-state index is -0.630. The first-order chi connectivity index (χ1) is 12.9. The quantitative estimate of drug-likeness (QED) is 0.388. The van der Waals surface area contributed by atoms with Crippen molar-refractivity contribution in [3.05, 3.63) is 68.8 Å². The molecule has 3 rings (SSSR count). The Morgan fingerprint density at radius 2 is 1.96 bits per heavy atom. The first-order valence-corrected chi connectivity index (χ1v) is 8.40. The summed E-state index contributed by atoms with van der Waals surface area (Å²) in [6.45, 7) is -0.218. The summed E-state index contributed by atoms with van der Waals surface area (Å²) in [6, 6.07) is 8.99. The molecule has 27 heavy (non-hydrogen) atoms. The topological polar surface area (TPSA) is 104 Å². The molecule has 1 amide bonds. The van der Waals surface area contributed by atoms with Crippen molar-refractivity contribution in [3.63, 3.8) is 0 Å². The number of nitrogens with zero attached hydrogens (tertiary/aromatic N) is 3. The third kappa shape index (κ3) is 3.90. The summed E-state index contributed by atoms with van der Waals surface area (Å²) in [5.41, 5.74) is 0.552. The minimum Gasteiger partial charge on any atom is -0.468 e. The molecule has 0 fully saturated rings. The van der Waals surface area contributed by atoms with Crippen LogP contribution in [0.2, 0.25) is 0 Å². The molecule has 138 valence electrons. The molecule has 1 aromatic heterocycles. The van der Waals surface area contributed by atoms with E-state index in [0.717, 1.165) is 23.5 Å². The van der Waals surface area contributed by atoms with Crippen LogP contribution >= 0.6 is 11.3 Å². The predicted molar refractivity (Wildman–Crippen MR) is 94.8 cm³/mol. The van der Waals surface area contributed by atoms with Crippen LogP contribution in [0.1, 0.15) is 10.4 Å². The summed E-state index contributed by atoms with van der Waals surface area (Å²) in [5, 5.41) is 11.0. The van der Waals surface area contributed by atoms with Crippen molar-refractivity contribution in [3.8, 4) is 0 Å². The number of fused-ring (bicyclic) bond motifs is 1. The number of hydrogen-bond acceptors (Lipinski definition) is 6. The average Bonchev–Trinajstić information content (AvgIpc) is 2.98. The molecule has 0 aliphatic heterocycles. The van der Waals surface area contributed by atoms with Crippen LogP contribution in [0.15, 0.2) is 47.5 Å². The SMILES string of the molecule is COC(=O)Cn1c(=NC(=O)c2ccc(F)cc2)sc2cc([N+](=O)[O-])ccc21. The van der Waals surface area contributed by atoms with Crippen molar-refractivity contribution in [2.45, 2.75) is 6.54 Å². The lowest BCUT2D eigenvalue weighted by Gasteiger charge is -2.03. The van der Waals surface area contributed by atoms with Crippen molar-refractivity contribution in [1.29, 1.82) is 0 Å². The molecule has 0 atom stereocenters. The van der Waals surface area contributed by atoms with Gasteiger partial charge in [-0.15, -0.1) is 0 Å². The molecule has 0 saturated heterocycles.